The molecule has 3 rings (SSSR count). The molecule has 8 nitrogen and oxygen atoms in total. The number of hydrogen-bond acceptors (Lipinski definition) is 8. The third-order valence-electron chi connectivity index (χ3n) is 4.25. The fourth-order valence-electron chi connectivity index (χ4n) is 2.80. The van der Waals surface area contributed by atoms with Gasteiger partial charge in [0.15, 0.2) is 15.0 Å². The summed E-state index contributed by atoms with van der Waals surface area (Å²) in [6, 6.07) is 13.4. The van der Waals surface area contributed by atoms with Crippen molar-refractivity contribution < 1.29 is 22.7 Å². The van der Waals surface area contributed by atoms with Crippen LogP contribution in [0.4, 0.5) is 5.13 Å². The highest BCUT2D eigenvalue weighted by atomic mass is 32.2. The normalized spacial score (nSPS) is 10.9. The molecule has 0 fully saturated rings. The number of aromatic nitrogens is 1. The van der Waals surface area contributed by atoms with Crippen molar-refractivity contribution in [2.24, 2.45) is 0 Å². The lowest BCUT2D eigenvalue weighted by molar-refractivity contribution is -0.113. The van der Waals surface area contributed by atoms with Crippen LogP contribution in [-0.4, -0.2) is 39.3 Å². The number of thiazole rings is 1. The predicted molar refractivity (Wildman–Crippen MR) is 118 cm³/mol. The van der Waals surface area contributed by atoms with Gasteiger partial charge in [0.05, 0.1) is 37.3 Å². The first-order valence-corrected chi connectivity index (χ1v) is 11.7. The number of methoxy groups -OCH3 is 2. The molecule has 0 saturated heterocycles. The number of hydrogen-bond donors (Lipinski definition) is 1. The van der Waals surface area contributed by atoms with E-state index >= 15 is 0 Å². The molecule has 3 aromatic rings. The van der Waals surface area contributed by atoms with Crippen molar-refractivity contribution in [1.29, 1.82) is 5.26 Å². The zero-order chi connectivity index (χ0) is 22.4. The predicted octanol–water partition coefficient (Wildman–Crippen LogP) is 3.25. The van der Waals surface area contributed by atoms with Crippen LogP contribution in [-0.2, 0) is 20.4 Å². The third-order valence-corrected chi connectivity index (χ3v) is 6.49. The molecular weight excluding hydrogens is 438 g/mol. The highest BCUT2D eigenvalue weighted by molar-refractivity contribution is 7.91. The largest absolute Gasteiger partial charge is 0.497 e. The van der Waals surface area contributed by atoms with E-state index in [0.717, 1.165) is 0 Å². The first-order chi connectivity index (χ1) is 14.8. The van der Waals surface area contributed by atoms with E-state index < -0.39 is 21.5 Å². The Morgan fingerprint density at radius 3 is 2.55 bits per heavy atom. The maximum absolute atomic E-state index is 12.4. The van der Waals surface area contributed by atoms with E-state index in [1.54, 1.807) is 49.9 Å². The van der Waals surface area contributed by atoms with E-state index in [-0.39, 0.29) is 10.9 Å². The lowest BCUT2D eigenvalue weighted by Crippen LogP contribution is -2.23. The van der Waals surface area contributed by atoms with E-state index in [0.29, 0.717) is 33.9 Å². The smallest absolute Gasteiger partial charge is 0.241 e. The number of anilines is 1. The van der Waals surface area contributed by atoms with E-state index in [9.17, 15) is 13.2 Å². The summed E-state index contributed by atoms with van der Waals surface area (Å²) < 4.78 is 35.3. The molecule has 10 heteroatoms. The number of sulfone groups is 1. The van der Waals surface area contributed by atoms with Gasteiger partial charge in [-0.15, -0.1) is 11.3 Å². The van der Waals surface area contributed by atoms with Crippen LogP contribution >= 0.6 is 11.3 Å². The minimum atomic E-state index is -3.69. The summed E-state index contributed by atoms with van der Waals surface area (Å²) in [4.78, 5) is 16.6. The number of carbonyl (C=O) groups excluding carboxylic acids is 1. The SMILES string of the molecule is COc1ccc(OC)c(-c2csc(NC(=O)CS(=O)(=O)Cc3ccc(C#N)cc3)n2)c1. The molecule has 0 atom stereocenters. The maximum atomic E-state index is 12.4. The van der Waals surface area contributed by atoms with Gasteiger partial charge < -0.3 is 14.8 Å². The minimum absolute atomic E-state index is 0.276. The molecule has 0 aliphatic carbocycles. The zero-order valence-electron chi connectivity index (χ0n) is 16.8. The number of benzene rings is 2. The second kappa shape index (κ2) is 9.59. The number of nitrogens with one attached hydrogen (secondary N) is 1. The van der Waals surface area contributed by atoms with Crippen molar-refractivity contribution in [3.05, 3.63) is 59.0 Å². The lowest BCUT2D eigenvalue weighted by Gasteiger charge is -2.08. The molecule has 0 bridgehead atoms. The van der Waals surface area contributed by atoms with Gasteiger partial charge >= 0.3 is 0 Å². The van der Waals surface area contributed by atoms with Crippen molar-refractivity contribution in [3.63, 3.8) is 0 Å². The molecule has 160 valence electrons. The Morgan fingerprint density at radius 2 is 1.90 bits per heavy atom. The molecule has 31 heavy (non-hydrogen) atoms. The molecular formula is C21H19N3O5S2. The minimum Gasteiger partial charge on any atom is -0.497 e. The van der Waals surface area contributed by atoms with Crippen LogP contribution in [0.25, 0.3) is 11.3 Å². The van der Waals surface area contributed by atoms with Gasteiger partial charge in [-0.3, -0.25) is 4.79 Å². The van der Waals surface area contributed by atoms with Crippen LogP contribution in [0.5, 0.6) is 11.5 Å². The molecule has 0 spiro atoms. The van der Waals surface area contributed by atoms with Gasteiger partial charge in [0, 0.05) is 10.9 Å². The number of amides is 1. The van der Waals surface area contributed by atoms with Gasteiger partial charge in [-0.2, -0.15) is 5.26 Å². The molecule has 1 aromatic heterocycles. The van der Waals surface area contributed by atoms with E-state index in [1.807, 2.05) is 6.07 Å². The summed E-state index contributed by atoms with van der Waals surface area (Å²) in [6.07, 6.45) is 0. The van der Waals surface area contributed by atoms with Crippen molar-refractivity contribution >= 4 is 32.2 Å². The molecule has 0 saturated carbocycles. The van der Waals surface area contributed by atoms with Crippen LogP contribution in [0.2, 0.25) is 0 Å². The van der Waals surface area contributed by atoms with Crippen LogP contribution in [0.15, 0.2) is 47.8 Å². The third kappa shape index (κ3) is 5.81. The highest BCUT2D eigenvalue weighted by Crippen LogP contribution is 2.35. The van der Waals surface area contributed by atoms with E-state index in [1.165, 1.54) is 23.5 Å². The fourth-order valence-corrected chi connectivity index (χ4v) is 4.81. The highest BCUT2D eigenvalue weighted by Gasteiger charge is 2.19. The maximum Gasteiger partial charge on any atom is 0.241 e. The summed E-state index contributed by atoms with van der Waals surface area (Å²) in [6.45, 7) is 0. The first-order valence-electron chi connectivity index (χ1n) is 9.01. The van der Waals surface area contributed by atoms with Gasteiger partial charge in [0.25, 0.3) is 0 Å². The zero-order valence-corrected chi connectivity index (χ0v) is 18.4. The number of nitrogens with zero attached hydrogens (tertiary/aromatic N) is 2. The van der Waals surface area contributed by atoms with Gasteiger partial charge in [-0.05, 0) is 35.9 Å². The monoisotopic (exact) mass is 457 g/mol. The Labute approximate surface area is 184 Å². The van der Waals surface area contributed by atoms with Gasteiger partial charge in [-0.1, -0.05) is 12.1 Å². The number of ether oxygens (including phenoxy) is 2. The molecule has 0 radical (unpaired) electrons. The fraction of sp³-hybridized carbons (Fsp3) is 0.190. The molecule has 1 heterocycles. The Balaban J connectivity index is 1.67. The van der Waals surface area contributed by atoms with Crippen molar-refractivity contribution in [2.45, 2.75) is 5.75 Å². The summed E-state index contributed by atoms with van der Waals surface area (Å²) in [5, 5.41) is 13.4. The average Bonchev–Trinajstić information content (AvgIpc) is 3.21. The summed E-state index contributed by atoms with van der Waals surface area (Å²) in [5.74, 6) is -0.426. The average molecular weight is 458 g/mol. The quantitative estimate of drug-likeness (QED) is 0.551. The second-order valence-electron chi connectivity index (χ2n) is 6.49. The van der Waals surface area contributed by atoms with Crippen molar-refractivity contribution in [2.75, 3.05) is 25.3 Å². The van der Waals surface area contributed by atoms with Gasteiger partial charge in [-0.25, -0.2) is 13.4 Å². The number of nitriles is 1. The van der Waals surface area contributed by atoms with E-state index in [2.05, 4.69) is 10.3 Å². The molecule has 0 aliphatic heterocycles. The van der Waals surface area contributed by atoms with Crippen molar-refractivity contribution in [3.8, 4) is 28.8 Å². The van der Waals surface area contributed by atoms with E-state index in [4.69, 9.17) is 14.7 Å². The molecule has 0 aliphatic rings. The topological polar surface area (TPSA) is 118 Å². The molecule has 0 unspecified atom stereocenters. The van der Waals surface area contributed by atoms with Crippen LogP contribution in [0.1, 0.15) is 11.1 Å². The summed E-state index contributed by atoms with van der Waals surface area (Å²) >= 11 is 1.17. The van der Waals surface area contributed by atoms with Gasteiger partial charge in [0.2, 0.25) is 5.91 Å². The van der Waals surface area contributed by atoms with Crippen LogP contribution in [0, 0.1) is 11.3 Å². The molecule has 1 amide bonds. The Hall–Kier alpha value is -3.42. The van der Waals surface area contributed by atoms with Crippen LogP contribution in [0.3, 0.4) is 0 Å². The van der Waals surface area contributed by atoms with Crippen LogP contribution < -0.4 is 14.8 Å². The molecule has 1 N–H and O–H groups in total. The standard InChI is InChI=1S/C21H19N3O5S2/c1-28-16-7-8-19(29-2)17(9-16)18-11-30-21(23-18)24-20(25)13-31(26,27)12-15-5-3-14(10-22)4-6-15/h3-9,11H,12-13H2,1-2H3,(H,23,24,25). The summed E-state index contributed by atoms with van der Waals surface area (Å²) in [7, 11) is -0.600. The Morgan fingerprint density at radius 1 is 1.16 bits per heavy atom. The number of carbonyl (C=O) groups is 1. The number of rotatable bonds is 8. The van der Waals surface area contributed by atoms with Crippen molar-refractivity contribution in [1.82, 2.24) is 4.98 Å². The first kappa shape index (κ1) is 22.3. The summed E-state index contributed by atoms with van der Waals surface area (Å²) in [5.41, 5.74) is 2.20. The van der Waals surface area contributed by atoms with Gasteiger partial charge in [0.1, 0.15) is 17.3 Å². The lowest BCUT2D eigenvalue weighted by atomic mass is 10.1. The molecule has 2 aromatic carbocycles. The second-order valence-corrected chi connectivity index (χ2v) is 9.42. The Kier molecular flexibility index (Phi) is 6.89. The Bertz CT molecular complexity index is 1230.